The molecule has 2 fully saturated rings. The zero-order valence-electron chi connectivity index (χ0n) is 10.9. The molecule has 1 aromatic heterocycles. The van der Waals surface area contributed by atoms with Gasteiger partial charge in [-0.1, -0.05) is 22.5 Å². The number of carbonyl (C=O) groups is 1. The van der Waals surface area contributed by atoms with Crippen LogP contribution in [0.2, 0.25) is 0 Å². The van der Waals surface area contributed by atoms with Gasteiger partial charge in [0.05, 0.1) is 6.54 Å². The van der Waals surface area contributed by atoms with Gasteiger partial charge in [0.15, 0.2) is 0 Å². The zero-order valence-corrected chi connectivity index (χ0v) is 10.9. The average Bonchev–Trinajstić information content (AvgIpc) is 2.90. The molecule has 1 spiro atoms. The van der Waals surface area contributed by atoms with Crippen LogP contribution in [0.5, 0.6) is 0 Å². The van der Waals surface area contributed by atoms with Gasteiger partial charge in [-0.2, -0.15) is 0 Å². The van der Waals surface area contributed by atoms with Crippen LogP contribution in [0.4, 0.5) is 0 Å². The minimum Gasteiger partial charge on any atom is -0.350 e. The molecule has 2 saturated carbocycles. The van der Waals surface area contributed by atoms with Gasteiger partial charge in [0.2, 0.25) is 5.91 Å². The smallest absolute Gasteiger partial charge is 0.224 e. The summed E-state index contributed by atoms with van der Waals surface area (Å²) >= 11 is 0. The van der Waals surface area contributed by atoms with Crippen LogP contribution in [0, 0.1) is 30.1 Å². The number of hydrogen-bond acceptors (Lipinski definition) is 4. The molecular weight excluding hydrogens is 242 g/mol. The molecule has 0 aliphatic heterocycles. The van der Waals surface area contributed by atoms with Crippen LogP contribution in [0.1, 0.15) is 30.7 Å². The van der Waals surface area contributed by atoms with Gasteiger partial charge in [-0.05, 0) is 43.4 Å². The first kappa shape index (κ1) is 11.2. The van der Waals surface area contributed by atoms with E-state index in [2.05, 4.69) is 32.4 Å². The lowest BCUT2D eigenvalue weighted by molar-refractivity contribution is -0.126. The van der Waals surface area contributed by atoms with Gasteiger partial charge >= 0.3 is 0 Å². The molecule has 3 atom stereocenters. The summed E-state index contributed by atoms with van der Waals surface area (Å²) in [5.41, 5.74) is 1.92. The number of nitrogens with one attached hydrogen (secondary N) is 1. The van der Waals surface area contributed by atoms with Gasteiger partial charge in [-0.25, -0.2) is 4.63 Å². The van der Waals surface area contributed by atoms with Crippen molar-refractivity contribution in [2.45, 2.75) is 32.7 Å². The van der Waals surface area contributed by atoms with Crippen LogP contribution >= 0.6 is 0 Å². The lowest BCUT2D eigenvalue weighted by Crippen LogP contribution is -2.33. The summed E-state index contributed by atoms with van der Waals surface area (Å²) in [6.45, 7) is 2.25. The van der Waals surface area contributed by atoms with E-state index >= 15 is 0 Å². The number of hydrogen-bond donors (Lipinski definition) is 1. The minimum atomic E-state index is 0.151. The van der Waals surface area contributed by atoms with Crippen molar-refractivity contribution < 1.29 is 9.42 Å². The molecule has 1 aromatic rings. The number of nitrogens with zero attached hydrogens (tertiary/aromatic N) is 2. The number of aryl methyl sites for hydroxylation is 1. The highest BCUT2D eigenvalue weighted by atomic mass is 16.6. The Kier molecular flexibility index (Phi) is 2.17. The van der Waals surface area contributed by atoms with Gasteiger partial charge in [-0.15, -0.1) is 0 Å². The monoisotopic (exact) mass is 259 g/mol. The summed E-state index contributed by atoms with van der Waals surface area (Å²) in [4.78, 5) is 12.3. The van der Waals surface area contributed by atoms with Crippen LogP contribution in [0.15, 0.2) is 16.8 Å². The average molecular weight is 259 g/mol. The van der Waals surface area contributed by atoms with E-state index in [1.54, 1.807) is 0 Å². The van der Waals surface area contributed by atoms with Gasteiger partial charge in [0.25, 0.3) is 0 Å². The largest absolute Gasteiger partial charge is 0.350 e. The maximum atomic E-state index is 12.3. The van der Waals surface area contributed by atoms with Gasteiger partial charge in [0, 0.05) is 5.92 Å². The molecule has 3 aliphatic rings. The minimum absolute atomic E-state index is 0.151. The highest BCUT2D eigenvalue weighted by molar-refractivity contribution is 5.80. The lowest BCUT2D eigenvalue weighted by Gasteiger charge is -2.18. The Morgan fingerprint density at radius 1 is 1.47 bits per heavy atom. The third-order valence-electron chi connectivity index (χ3n) is 5.24. The Morgan fingerprint density at radius 2 is 2.32 bits per heavy atom. The fourth-order valence-corrected chi connectivity index (χ4v) is 3.98. The van der Waals surface area contributed by atoms with Crippen LogP contribution in [-0.2, 0) is 11.3 Å². The molecule has 1 N–H and O–H groups in total. The molecule has 0 unspecified atom stereocenters. The summed E-state index contributed by atoms with van der Waals surface area (Å²) in [7, 11) is 0. The van der Waals surface area contributed by atoms with Crippen LogP contribution < -0.4 is 5.32 Å². The van der Waals surface area contributed by atoms with Crippen LogP contribution in [0.25, 0.3) is 0 Å². The van der Waals surface area contributed by atoms with E-state index in [0.717, 1.165) is 12.1 Å². The van der Waals surface area contributed by atoms with Crippen LogP contribution in [-0.4, -0.2) is 16.2 Å². The standard InChI is InChI=1S/C14H17N3O2/c1-8-12(17-19-16-8)7-15-13(18)10-6-9-2-3-11(10)14(9)4-5-14/h2-3,9-11H,4-7H2,1H3,(H,15,18)/t9-,10-,11-/m1/s1. The van der Waals surface area contributed by atoms with Crippen molar-refractivity contribution >= 4 is 5.91 Å². The molecule has 19 heavy (non-hydrogen) atoms. The summed E-state index contributed by atoms with van der Waals surface area (Å²) in [6, 6.07) is 0. The topological polar surface area (TPSA) is 68.0 Å². The van der Waals surface area contributed by atoms with Gasteiger partial charge in [0.1, 0.15) is 11.4 Å². The molecule has 0 radical (unpaired) electrons. The zero-order chi connectivity index (χ0) is 13.0. The van der Waals surface area contributed by atoms with E-state index in [1.165, 1.54) is 12.8 Å². The quantitative estimate of drug-likeness (QED) is 0.837. The van der Waals surface area contributed by atoms with E-state index in [1.807, 2.05) is 6.92 Å². The third kappa shape index (κ3) is 1.50. The molecule has 3 aliphatic carbocycles. The predicted octanol–water partition coefficient (Wildman–Crippen LogP) is 1.60. The SMILES string of the molecule is Cc1nonc1CNC(=O)[C@@H]1C[C@H]2C=C[C@H]1C21CC1. The van der Waals surface area contributed by atoms with E-state index in [0.29, 0.717) is 29.5 Å². The second-order valence-electron chi connectivity index (χ2n) is 6.11. The Bertz CT molecular complexity index is 559. The Labute approximate surface area is 111 Å². The number of allylic oxidation sites excluding steroid dienone is 2. The summed E-state index contributed by atoms with van der Waals surface area (Å²) in [5.74, 6) is 1.42. The van der Waals surface area contributed by atoms with Crippen LogP contribution in [0.3, 0.4) is 0 Å². The van der Waals surface area contributed by atoms with E-state index in [4.69, 9.17) is 0 Å². The molecule has 100 valence electrons. The van der Waals surface area contributed by atoms with Crippen molar-refractivity contribution in [1.82, 2.24) is 15.6 Å². The second-order valence-corrected chi connectivity index (χ2v) is 6.11. The molecular formula is C14H17N3O2. The number of aromatic nitrogens is 2. The number of amides is 1. The van der Waals surface area contributed by atoms with E-state index < -0.39 is 0 Å². The lowest BCUT2D eigenvalue weighted by atomic mass is 9.88. The Balaban J connectivity index is 1.42. The summed E-state index contributed by atoms with van der Waals surface area (Å²) < 4.78 is 4.63. The van der Waals surface area contributed by atoms with Gasteiger partial charge in [-0.3, -0.25) is 4.79 Å². The molecule has 1 amide bonds. The molecule has 5 heteroatoms. The first-order chi connectivity index (χ1) is 9.21. The maximum Gasteiger partial charge on any atom is 0.224 e. The number of carbonyl (C=O) groups excluding carboxylic acids is 1. The Morgan fingerprint density at radius 3 is 2.95 bits per heavy atom. The highest BCUT2D eigenvalue weighted by Gasteiger charge is 2.63. The molecule has 5 nitrogen and oxygen atoms in total. The maximum absolute atomic E-state index is 12.3. The van der Waals surface area contributed by atoms with Crippen molar-refractivity contribution in [3.8, 4) is 0 Å². The van der Waals surface area contributed by atoms with Crippen molar-refractivity contribution in [3.63, 3.8) is 0 Å². The number of rotatable bonds is 3. The summed E-state index contributed by atoms with van der Waals surface area (Å²) in [5, 5.41) is 10.5. The first-order valence-electron chi connectivity index (χ1n) is 6.95. The van der Waals surface area contributed by atoms with Gasteiger partial charge < -0.3 is 5.32 Å². The molecule has 2 bridgehead atoms. The normalized spacial score (nSPS) is 33.0. The van der Waals surface area contributed by atoms with Crippen molar-refractivity contribution in [1.29, 1.82) is 0 Å². The van der Waals surface area contributed by atoms with E-state index in [-0.39, 0.29) is 11.8 Å². The molecule has 1 heterocycles. The second kappa shape index (κ2) is 3.68. The van der Waals surface area contributed by atoms with Crippen molar-refractivity contribution in [3.05, 3.63) is 23.5 Å². The fraction of sp³-hybridized carbons (Fsp3) is 0.643. The fourth-order valence-electron chi connectivity index (χ4n) is 3.98. The van der Waals surface area contributed by atoms with Crippen molar-refractivity contribution in [2.24, 2.45) is 23.2 Å². The van der Waals surface area contributed by atoms with E-state index in [9.17, 15) is 4.79 Å². The molecule has 0 saturated heterocycles. The molecule has 0 aromatic carbocycles. The first-order valence-corrected chi connectivity index (χ1v) is 6.95. The predicted molar refractivity (Wildman–Crippen MR) is 66.8 cm³/mol. The highest BCUT2D eigenvalue weighted by Crippen LogP contribution is 2.70. The summed E-state index contributed by atoms with van der Waals surface area (Å²) in [6.07, 6.45) is 8.21. The third-order valence-corrected chi connectivity index (χ3v) is 5.24. The Hall–Kier alpha value is -1.65. The molecule has 4 rings (SSSR count). The van der Waals surface area contributed by atoms with Crippen molar-refractivity contribution in [2.75, 3.05) is 0 Å².